The predicted octanol–water partition coefficient (Wildman–Crippen LogP) is 2.98. The van der Waals surface area contributed by atoms with Crippen LogP contribution in [0.2, 0.25) is 0 Å². The molecule has 36 heteroatoms. The molecule has 5 saturated heterocycles. The third kappa shape index (κ3) is 26.0. The summed E-state index contributed by atoms with van der Waals surface area (Å²) in [6.45, 7) is 43.3. The molecule has 5 unspecified atom stereocenters. The van der Waals surface area contributed by atoms with Gasteiger partial charge in [0.15, 0.2) is 31.1 Å². The van der Waals surface area contributed by atoms with Crippen LogP contribution in [0.3, 0.4) is 0 Å². The Morgan fingerprint density at radius 2 is 0.857 bits per heavy atom. The average Bonchev–Trinajstić information content (AvgIpc) is 1.65. The van der Waals surface area contributed by atoms with Crippen molar-refractivity contribution in [3.05, 3.63) is 137 Å². The van der Waals surface area contributed by atoms with Crippen molar-refractivity contribution in [3.8, 4) is 0 Å². The van der Waals surface area contributed by atoms with E-state index in [1.54, 1.807) is 54.4 Å². The van der Waals surface area contributed by atoms with Crippen LogP contribution < -0.4 is 32.5 Å². The fourth-order valence-corrected chi connectivity index (χ4v) is 25.3. The number of rotatable bonds is 21. The molecule has 0 bridgehead atoms. The average molecular weight is 1760 g/mol. The van der Waals surface area contributed by atoms with Crippen LogP contribution in [0.15, 0.2) is 130 Å². The molecule has 13 N–H and O–H groups in total. The minimum atomic E-state index is -1.31. The molecule has 11 heterocycles. The highest BCUT2D eigenvalue weighted by Gasteiger charge is 2.53. The number of hydrogen-bond acceptors (Lipinski definition) is 26. The lowest BCUT2D eigenvalue weighted by Gasteiger charge is -2.34. The highest BCUT2D eigenvalue weighted by molar-refractivity contribution is 7.73. The van der Waals surface area contributed by atoms with Gasteiger partial charge >= 0.3 is 5.69 Å². The second kappa shape index (κ2) is 41.0. The fraction of sp³-hybridized carbons (Fsp3) is 0.627. The van der Waals surface area contributed by atoms with Crippen molar-refractivity contribution >= 4 is 89.6 Å². The van der Waals surface area contributed by atoms with Crippen molar-refractivity contribution in [1.82, 2.24) is 49.3 Å². The second-order valence-electron chi connectivity index (χ2n) is 36.6. The molecule has 0 aromatic carbocycles. The zero-order chi connectivity index (χ0) is 89.7. The third-order valence-corrected chi connectivity index (χ3v) is 29.4. The molecular formula is C83H142N15O16P5. The van der Waals surface area contributed by atoms with Gasteiger partial charge in [0.2, 0.25) is 0 Å². The summed E-state index contributed by atoms with van der Waals surface area (Å²) in [5.74, 6) is 4.92. The Hall–Kier alpha value is -5.68. The number of likely N-dealkylation sites (N-methyl/N-ethyl adjacent to an activating group) is 1. The van der Waals surface area contributed by atoms with E-state index < -0.39 is 157 Å². The molecule has 2 aromatic rings. The number of aliphatic hydroxyl groups excluding tert-OH is 9. The highest BCUT2D eigenvalue weighted by Crippen LogP contribution is 2.47. The van der Waals surface area contributed by atoms with Gasteiger partial charge in [-0.25, -0.2) is 14.8 Å². The van der Waals surface area contributed by atoms with Gasteiger partial charge in [-0.15, -0.1) is 65.9 Å². The Bertz CT molecular complexity index is 4640. The largest absolute Gasteiger partial charge is 0.388 e. The standard InChI is InChI=1S/C18H28N3O3P.2C17H30N3O3P.C16H28N3O3P.C15H26N3O4P/c1-10(9-25(4,5)6)16-14(22)15(23)18(24-16)21-8-13-7-11(2)19-17(13)20-12(21)3;1-11(10-24(5,6)7)16-14(21)15(22)17(23-16)20-9-8-13(19(3)4)18-12(20)2;1-11(10-24(5,6)7)15-14(21)16(22-4)17(23-15)20-9-8-13(18-3)19-12(20)2;1-10(9-23(4,5)6)15-13(20)14(21)16(22-15)19-8-7-12(17-3)18-11(19)2;1-9(8-23(3,4)5)13-11(19)12(20)14(22-13)18-7-6-10(16)17(2)15(18)21/h7-8,10,14-16,18,22-23H,3-4,9H2,1-2,5-6H3,(H,19,20);8-9,11,14-17,21-22H,2,5,10H2,1,3-4,6-7H3;8-9,11,14-17,21H,2,5,10H2,1,3-4,6-7H3,(H,18,19);7-8,10,13-16,20-21H,2,4,9H2,1,3,5-6H3,(H,17,18);6-7,9,11-14,16,19-20H,3,8H2,1-2,4-5H3/t10?,14-,15+,16+,18+;11?,14-,15+,16+,17+;11?,14-,15-,16-,17-;10?,13-,14+,15+,16+;9?,11-,12+,13+,14+/m00100/s1. The molecule has 11 rings (SSSR count). The lowest BCUT2D eigenvalue weighted by molar-refractivity contribution is -0.0774. The van der Waals surface area contributed by atoms with Crippen molar-refractivity contribution in [1.29, 1.82) is 5.41 Å². The molecule has 9 aliphatic rings. The normalized spacial score (nSPS) is 32.2. The number of hydrogen-bond donors (Lipinski definition) is 13. The Kier molecular flexibility index (Phi) is 34.6. The maximum Gasteiger partial charge on any atom is 0.331 e. The van der Waals surface area contributed by atoms with Gasteiger partial charge in [0.1, 0.15) is 113 Å². The number of amidine groups is 3. The van der Waals surface area contributed by atoms with Crippen molar-refractivity contribution in [2.45, 2.75) is 164 Å². The van der Waals surface area contributed by atoms with Crippen LogP contribution >= 0.6 is 34.4 Å². The Morgan fingerprint density at radius 1 is 0.521 bits per heavy atom. The number of aromatic nitrogens is 3. The van der Waals surface area contributed by atoms with E-state index in [1.165, 1.54) is 23.9 Å². The van der Waals surface area contributed by atoms with E-state index in [4.69, 9.17) is 33.8 Å². The van der Waals surface area contributed by atoms with Crippen LogP contribution in [0.5, 0.6) is 0 Å². The number of ether oxygens (including phenoxy) is 6. The van der Waals surface area contributed by atoms with Crippen LogP contribution in [-0.4, -0.2) is 383 Å². The zero-order valence-electron chi connectivity index (χ0n) is 74.1. The quantitative estimate of drug-likeness (QED) is 0.0799. The predicted molar refractivity (Wildman–Crippen MR) is 495 cm³/mol. The van der Waals surface area contributed by atoms with Gasteiger partial charge in [-0.1, -0.05) is 60.9 Å². The molecule has 0 amide bonds. The van der Waals surface area contributed by atoms with Crippen LogP contribution in [0.1, 0.15) is 46.5 Å². The van der Waals surface area contributed by atoms with E-state index in [-0.39, 0.29) is 41.2 Å². The van der Waals surface area contributed by atoms with Crippen molar-refractivity contribution in [2.75, 3.05) is 133 Å². The van der Waals surface area contributed by atoms with E-state index in [2.05, 4.69) is 167 Å². The van der Waals surface area contributed by atoms with Gasteiger partial charge < -0.3 is 114 Å². The molecule has 2 aromatic heterocycles. The van der Waals surface area contributed by atoms with Crippen LogP contribution in [0, 0.1) is 41.9 Å². The number of nitrogens with zero attached hydrogens (tertiary/aromatic N) is 11. The smallest absolute Gasteiger partial charge is 0.331 e. The lowest BCUT2D eigenvalue weighted by Crippen LogP contribution is -2.47. The molecule has 0 saturated carbocycles. The molecule has 5 fully saturated rings. The van der Waals surface area contributed by atoms with Crippen LogP contribution in [-0.2, 0) is 35.5 Å². The number of aliphatic hydroxyl groups is 9. The van der Waals surface area contributed by atoms with Gasteiger partial charge in [0.05, 0.1) is 30.5 Å². The Morgan fingerprint density at radius 3 is 1.22 bits per heavy atom. The molecule has 670 valence electrons. The highest BCUT2D eigenvalue weighted by atomic mass is 31.2. The number of aryl methyl sites for hydroxylation is 1. The number of nitrogens with one attached hydrogen (secondary N) is 4. The van der Waals surface area contributed by atoms with Crippen molar-refractivity contribution in [3.63, 3.8) is 0 Å². The van der Waals surface area contributed by atoms with Crippen molar-refractivity contribution < 1.29 is 74.4 Å². The topological polar surface area (TPSA) is 394 Å². The van der Waals surface area contributed by atoms with E-state index in [0.29, 0.717) is 29.1 Å². The summed E-state index contributed by atoms with van der Waals surface area (Å²) in [5, 5.41) is 109. The molecule has 25 atom stereocenters. The van der Waals surface area contributed by atoms with Gasteiger partial charge in [-0.3, -0.25) is 24.5 Å². The number of methoxy groups -OCH3 is 1. The monoisotopic (exact) mass is 1760 g/mol. The second-order valence-corrected chi connectivity index (χ2v) is 57.8. The minimum absolute atomic E-state index is 0.0189. The van der Waals surface area contributed by atoms with Gasteiger partial charge in [-0.05, 0) is 164 Å². The first kappa shape index (κ1) is 100. The van der Waals surface area contributed by atoms with Crippen LogP contribution in [0.4, 0.5) is 0 Å². The molecule has 0 radical (unpaired) electrons. The summed E-state index contributed by atoms with van der Waals surface area (Å²) >= 11 is 0. The summed E-state index contributed by atoms with van der Waals surface area (Å²) in [4.78, 5) is 41.3. The van der Waals surface area contributed by atoms with E-state index in [9.17, 15) is 50.8 Å². The first-order valence-electron chi connectivity index (χ1n) is 40.0. The van der Waals surface area contributed by atoms with Crippen molar-refractivity contribution in [2.24, 2.45) is 56.6 Å². The lowest BCUT2D eigenvalue weighted by atomic mass is 10.00. The zero-order valence-corrected chi connectivity index (χ0v) is 78.6. The molecule has 0 spiro atoms. The maximum atomic E-state index is 12.3. The first-order valence-corrected chi connectivity index (χ1v) is 55.2. The Labute approximate surface area is 705 Å². The van der Waals surface area contributed by atoms with Crippen LogP contribution in [0.25, 0.3) is 6.20 Å². The number of aliphatic imine (C=N–C) groups is 3. The fourth-order valence-electron chi connectivity index (χ4n) is 16.5. The molecule has 119 heavy (non-hydrogen) atoms. The maximum absolute atomic E-state index is 12.3. The molecule has 0 aliphatic carbocycles. The molecule has 31 nitrogen and oxygen atoms in total. The summed E-state index contributed by atoms with van der Waals surface area (Å²) in [5.41, 5.74) is 1.35. The third-order valence-electron chi connectivity index (χ3n) is 21.6. The molecule has 9 aliphatic heterocycles. The van der Waals surface area contributed by atoms with E-state index in [1.807, 2.05) is 89.1 Å². The minimum Gasteiger partial charge on any atom is -0.388 e. The summed E-state index contributed by atoms with van der Waals surface area (Å²) in [7, 11) is 10.3. The number of fused-ring (bicyclic) bond motifs is 1. The van der Waals surface area contributed by atoms with Gasteiger partial charge in [0.25, 0.3) is 0 Å². The Balaban J connectivity index is 0.000000205. The number of aromatic amines is 1. The SMILES string of the molecule is C=C1N=C(N(C)C)C=CN1[C@@H]1O[C@H](C(C)CP(=C)(C)C)[C@@H](O)[C@H]1O.C=C1N=c2[nH]c(C)cc2=CN1[C@@H]1O[C@H](C(C)CP(=C)(C)C)[C@@H](O)[C@H]1O.C=C1NC(=NC)C=CN1[C@@H]1O[C@H](C(C)CP(=C)(C)C)[C@@H](O)[C@H]1O.C=C1NC(=NC)C=CN1[C@@H]1O[C@H](C(C)CP(=C)(C)C)[C@@H](O)[C@H]1OC.C=P(C)(C)CC(C)[C@H]1O[C@@H](n2ccc(=N)n(C)c2=O)[C@H](O)[C@@H]1O. The van der Waals surface area contributed by atoms with Gasteiger partial charge in [0, 0.05) is 84.3 Å². The van der Waals surface area contributed by atoms with E-state index in [0.717, 1.165) is 63.4 Å². The van der Waals surface area contributed by atoms with E-state index >= 15 is 0 Å². The van der Waals surface area contributed by atoms with Gasteiger partial charge in [-0.2, -0.15) is 0 Å². The summed E-state index contributed by atoms with van der Waals surface area (Å²) in [6, 6.07) is 3.43. The number of H-pyrrole nitrogens is 1. The molecular weight excluding hydrogens is 1620 g/mol. The first-order chi connectivity index (χ1) is 54.9. The summed E-state index contributed by atoms with van der Waals surface area (Å²) in [6.07, 6.45) is 24.9. The summed E-state index contributed by atoms with van der Waals surface area (Å²) < 4.78 is 38.1.